The maximum absolute atomic E-state index is 10.8. The number of allylic oxidation sites excluding steroid dienone is 1. The summed E-state index contributed by atoms with van der Waals surface area (Å²) in [6.07, 6.45) is 4.30. The molecule has 4 rings (SSSR count). The van der Waals surface area contributed by atoms with E-state index < -0.39 is 0 Å². The monoisotopic (exact) mass is 350 g/mol. The number of nitrogens with zero attached hydrogens (tertiary/aromatic N) is 2. The lowest BCUT2D eigenvalue weighted by Crippen LogP contribution is -2.46. The smallest absolute Gasteiger partial charge is 0.270 e. The largest absolute Gasteiger partial charge is 0.374 e. The quantitative estimate of drug-likeness (QED) is 0.457. The first-order valence-electron chi connectivity index (χ1n) is 6.50. The third-order valence-corrected chi connectivity index (χ3v) is 4.58. The van der Waals surface area contributed by atoms with E-state index in [0.29, 0.717) is 5.92 Å². The Morgan fingerprint density at radius 3 is 2.52 bits per heavy atom. The fourth-order valence-corrected chi connectivity index (χ4v) is 3.39. The minimum Gasteiger partial charge on any atom is -0.374 e. The predicted molar refractivity (Wildman–Crippen MR) is 89.5 cm³/mol. The van der Waals surface area contributed by atoms with Crippen LogP contribution in [0.4, 0.5) is 5.69 Å². The molecule has 0 radical (unpaired) electrons. The van der Waals surface area contributed by atoms with Crippen molar-refractivity contribution in [2.24, 2.45) is 5.92 Å². The molecule has 3 aliphatic rings. The molecule has 1 atom stereocenters. The maximum atomic E-state index is 10.8. The topological polar surface area (TPSA) is 46.4 Å². The van der Waals surface area contributed by atoms with Crippen LogP contribution in [0.2, 0.25) is 0 Å². The number of non-ortho nitro benzene ring substituents is 1. The molecule has 0 N–H and O–H groups in total. The van der Waals surface area contributed by atoms with Crippen molar-refractivity contribution >= 4 is 48.2 Å². The van der Waals surface area contributed by atoms with Gasteiger partial charge in [-0.2, -0.15) is 0 Å². The second-order valence-corrected chi connectivity index (χ2v) is 5.62. The molecule has 0 saturated carbocycles. The molecule has 21 heavy (non-hydrogen) atoms. The Morgan fingerprint density at radius 1 is 1.29 bits per heavy atom. The van der Waals surface area contributed by atoms with E-state index in [4.69, 9.17) is 11.6 Å². The van der Waals surface area contributed by atoms with E-state index in [9.17, 15) is 10.1 Å². The van der Waals surface area contributed by atoms with Gasteiger partial charge in [-0.1, -0.05) is 12.1 Å². The van der Waals surface area contributed by atoms with Gasteiger partial charge < -0.3 is 4.90 Å². The molecule has 0 spiro atoms. The Bertz CT molecular complexity index is 539. The molecule has 7 heteroatoms. The summed E-state index contributed by atoms with van der Waals surface area (Å²) >= 11 is 6.49. The minimum absolute atomic E-state index is 0. The average molecular weight is 352 g/mol. The van der Waals surface area contributed by atoms with Gasteiger partial charge in [0.1, 0.15) is 0 Å². The molecule has 3 fully saturated rings. The van der Waals surface area contributed by atoms with Crippen LogP contribution in [0.3, 0.4) is 0 Å². The molecular weight excluding hydrogens is 335 g/mol. The van der Waals surface area contributed by atoms with Gasteiger partial charge in [0.25, 0.3) is 5.69 Å². The number of nitro groups is 1. The third kappa shape index (κ3) is 3.62. The third-order valence-electron chi connectivity index (χ3n) is 4.00. The normalized spacial score (nSPS) is 25.2. The van der Waals surface area contributed by atoms with Gasteiger partial charge in [0.15, 0.2) is 0 Å². The molecule has 1 aromatic carbocycles. The molecule has 0 amide bonds. The van der Waals surface area contributed by atoms with Gasteiger partial charge in [0.05, 0.1) is 10.3 Å². The van der Waals surface area contributed by atoms with E-state index in [-0.39, 0.29) is 40.8 Å². The summed E-state index contributed by atoms with van der Waals surface area (Å²) in [7, 11) is 0. The summed E-state index contributed by atoms with van der Waals surface area (Å²) in [5, 5.41) is 10.8. The zero-order valence-electron chi connectivity index (χ0n) is 11.3. The van der Waals surface area contributed by atoms with Crippen molar-refractivity contribution in [1.29, 1.82) is 0 Å². The highest BCUT2D eigenvalue weighted by Crippen LogP contribution is 2.39. The number of fused-ring (bicyclic) bond motifs is 3. The average Bonchev–Trinajstić information content (AvgIpc) is 2.43. The van der Waals surface area contributed by atoms with Crippen LogP contribution in [0.5, 0.6) is 0 Å². The Hall–Kier alpha value is -0.970. The highest BCUT2D eigenvalue weighted by molar-refractivity contribution is 6.23. The molecule has 3 aliphatic heterocycles. The summed E-state index contributed by atoms with van der Waals surface area (Å²) < 4.78 is 0. The van der Waals surface area contributed by atoms with Gasteiger partial charge in [-0.25, -0.2) is 0 Å². The fourth-order valence-electron chi connectivity index (χ4n) is 2.94. The molecule has 1 unspecified atom stereocenters. The summed E-state index contributed by atoms with van der Waals surface area (Å²) in [6.45, 7) is 2.10. The van der Waals surface area contributed by atoms with E-state index in [2.05, 4.69) is 4.90 Å². The highest BCUT2D eigenvalue weighted by atomic mass is 35.5. The van der Waals surface area contributed by atoms with E-state index >= 15 is 0 Å². The maximum Gasteiger partial charge on any atom is 0.270 e. The van der Waals surface area contributed by atoms with Crippen LogP contribution >= 0.6 is 36.4 Å². The second kappa shape index (κ2) is 7.34. The SMILES string of the molecule is Cl.Cl.O=[N+]([O-])c1cccc(C=C2C(Cl)C3CCN2CC3)c1. The van der Waals surface area contributed by atoms with Gasteiger partial charge in [0, 0.05) is 30.9 Å². The van der Waals surface area contributed by atoms with Gasteiger partial charge in [-0.05, 0) is 30.4 Å². The zero-order valence-corrected chi connectivity index (χ0v) is 13.7. The fraction of sp³-hybridized carbons (Fsp3) is 0.429. The number of alkyl halides is 1. The molecule has 1 aromatic rings. The number of nitro benzene ring substituents is 1. The van der Waals surface area contributed by atoms with Crippen molar-refractivity contribution in [2.45, 2.75) is 18.2 Å². The molecule has 3 heterocycles. The molecule has 3 saturated heterocycles. The van der Waals surface area contributed by atoms with Gasteiger partial charge in [-0.3, -0.25) is 10.1 Å². The molecule has 2 bridgehead atoms. The van der Waals surface area contributed by atoms with Crippen molar-refractivity contribution in [3.8, 4) is 0 Å². The first kappa shape index (κ1) is 18.1. The molecule has 4 nitrogen and oxygen atoms in total. The lowest BCUT2D eigenvalue weighted by atomic mass is 9.85. The number of hydrogen-bond acceptors (Lipinski definition) is 3. The molecule has 0 aromatic heterocycles. The summed E-state index contributed by atoms with van der Waals surface area (Å²) in [5.74, 6) is 0.552. The summed E-state index contributed by atoms with van der Waals surface area (Å²) in [6, 6.07) is 6.70. The standard InChI is InChI=1S/C14H15ClN2O2.2ClH/c15-14-11-4-6-16(7-5-11)13(14)9-10-2-1-3-12(8-10)17(18)19;;/h1-3,8-9,11,14H,4-7H2;2*1H. The predicted octanol–water partition coefficient (Wildman–Crippen LogP) is 4.11. The van der Waals surface area contributed by atoms with Gasteiger partial charge in [-0.15, -0.1) is 36.4 Å². The Labute approximate surface area is 141 Å². The van der Waals surface area contributed by atoms with Gasteiger partial charge in [0.2, 0.25) is 0 Å². The lowest BCUT2D eigenvalue weighted by molar-refractivity contribution is -0.384. The molecule has 116 valence electrons. The van der Waals surface area contributed by atoms with Crippen LogP contribution in [0.1, 0.15) is 18.4 Å². The highest BCUT2D eigenvalue weighted by Gasteiger charge is 2.36. The molecular formula is C14H17Cl3N2O2. The van der Waals surface area contributed by atoms with Crippen LogP contribution in [-0.2, 0) is 0 Å². The van der Waals surface area contributed by atoms with E-state index in [0.717, 1.165) is 37.2 Å². The van der Waals surface area contributed by atoms with Crippen molar-refractivity contribution in [2.75, 3.05) is 13.1 Å². The van der Waals surface area contributed by atoms with E-state index in [1.807, 2.05) is 12.1 Å². The zero-order chi connectivity index (χ0) is 13.4. The number of rotatable bonds is 2. The van der Waals surface area contributed by atoms with Crippen LogP contribution < -0.4 is 0 Å². The first-order valence-corrected chi connectivity index (χ1v) is 6.94. The summed E-state index contributed by atoms with van der Waals surface area (Å²) in [5.41, 5.74) is 2.09. The number of hydrogen-bond donors (Lipinski definition) is 0. The van der Waals surface area contributed by atoms with Crippen molar-refractivity contribution in [1.82, 2.24) is 4.90 Å². The summed E-state index contributed by atoms with van der Waals surface area (Å²) in [4.78, 5) is 12.7. The van der Waals surface area contributed by atoms with Crippen LogP contribution in [0.15, 0.2) is 30.0 Å². The van der Waals surface area contributed by atoms with Crippen molar-refractivity contribution < 1.29 is 4.92 Å². The van der Waals surface area contributed by atoms with Crippen LogP contribution in [0.25, 0.3) is 6.08 Å². The molecule has 0 aliphatic carbocycles. The first-order chi connectivity index (χ1) is 9.15. The minimum atomic E-state index is -0.368. The Morgan fingerprint density at radius 2 is 1.95 bits per heavy atom. The Kier molecular flexibility index (Phi) is 6.32. The second-order valence-electron chi connectivity index (χ2n) is 5.15. The van der Waals surface area contributed by atoms with Crippen molar-refractivity contribution in [3.05, 3.63) is 45.6 Å². The van der Waals surface area contributed by atoms with E-state index in [1.165, 1.54) is 6.07 Å². The lowest BCUT2D eigenvalue weighted by Gasteiger charge is -2.45. The number of halogens is 3. The van der Waals surface area contributed by atoms with Crippen molar-refractivity contribution in [3.63, 3.8) is 0 Å². The van der Waals surface area contributed by atoms with Gasteiger partial charge >= 0.3 is 0 Å². The van der Waals surface area contributed by atoms with Crippen LogP contribution in [-0.4, -0.2) is 28.3 Å². The number of piperidine rings is 3. The number of benzene rings is 1. The van der Waals surface area contributed by atoms with E-state index in [1.54, 1.807) is 12.1 Å². The Balaban J connectivity index is 0.00000110. The van der Waals surface area contributed by atoms with Crippen LogP contribution in [0, 0.1) is 16.0 Å².